The maximum atomic E-state index is 13.2. The van der Waals surface area contributed by atoms with Crippen molar-refractivity contribution in [3.8, 4) is 11.1 Å². The van der Waals surface area contributed by atoms with Gasteiger partial charge in [0.05, 0.1) is 11.6 Å². The molecule has 1 N–H and O–H groups in total. The molecule has 0 saturated heterocycles. The van der Waals surface area contributed by atoms with Crippen LogP contribution < -0.4 is 10.9 Å². The van der Waals surface area contributed by atoms with Crippen LogP contribution in [0, 0.1) is 6.92 Å². The molecule has 3 nitrogen and oxygen atoms in total. The number of benzene rings is 3. The van der Waals surface area contributed by atoms with Crippen molar-refractivity contribution in [2.75, 3.05) is 5.32 Å². The van der Waals surface area contributed by atoms with Gasteiger partial charge in [-0.15, -0.1) is 11.3 Å². The number of anilines is 1. The Balaban J connectivity index is 1.80. The van der Waals surface area contributed by atoms with Crippen LogP contribution in [0.2, 0.25) is 0 Å². The summed E-state index contributed by atoms with van der Waals surface area (Å²) in [5, 5.41) is 6.89. The molecule has 5 aromatic rings. The van der Waals surface area contributed by atoms with E-state index in [4.69, 9.17) is 4.42 Å². The Labute approximate surface area is 171 Å². The first kappa shape index (κ1) is 16.6. The summed E-state index contributed by atoms with van der Waals surface area (Å²) >= 11 is 1.71. The van der Waals surface area contributed by atoms with Crippen LogP contribution in [0.15, 0.2) is 82.0 Å². The van der Waals surface area contributed by atoms with Crippen molar-refractivity contribution in [3.63, 3.8) is 0 Å². The van der Waals surface area contributed by atoms with E-state index in [1.165, 1.54) is 4.88 Å². The molecule has 0 aliphatic carbocycles. The van der Waals surface area contributed by atoms with Gasteiger partial charge in [0, 0.05) is 32.0 Å². The predicted octanol–water partition coefficient (Wildman–Crippen LogP) is 6.50. The quantitative estimate of drug-likeness (QED) is 0.330. The third-order valence-corrected chi connectivity index (χ3v) is 6.73. The lowest BCUT2D eigenvalue weighted by molar-refractivity contribution is 0.548. The Hall–Kier alpha value is -3.37. The zero-order valence-corrected chi connectivity index (χ0v) is 16.5. The summed E-state index contributed by atoms with van der Waals surface area (Å²) in [6.45, 7) is 2.09. The van der Waals surface area contributed by atoms with Crippen LogP contribution in [0.1, 0.15) is 21.4 Å². The highest BCUT2D eigenvalue weighted by Gasteiger charge is 2.32. The summed E-state index contributed by atoms with van der Waals surface area (Å²) in [5.41, 5.74) is 4.14. The number of thiophene rings is 1. The van der Waals surface area contributed by atoms with Gasteiger partial charge in [0.2, 0.25) is 0 Å². The normalized spacial score (nSPS) is 15.1. The van der Waals surface area contributed by atoms with Crippen LogP contribution >= 0.6 is 11.3 Å². The molecule has 3 heterocycles. The molecule has 0 bridgehead atoms. The fourth-order valence-corrected chi connectivity index (χ4v) is 5.35. The summed E-state index contributed by atoms with van der Waals surface area (Å²) in [6, 6.07) is 24.4. The fourth-order valence-electron chi connectivity index (χ4n) is 4.41. The second kappa shape index (κ2) is 6.06. The number of nitrogens with one attached hydrogen (secondary N) is 1. The van der Waals surface area contributed by atoms with E-state index in [0.717, 1.165) is 37.9 Å². The van der Waals surface area contributed by atoms with Crippen LogP contribution in [-0.2, 0) is 0 Å². The Bertz CT molecular complexity index is 1480. The van der Waals surface area contributed by atoms with E-state index in [-0.39, 0.29) is 11.7 Å². The third kappa shape index (κ3) is 2.39. The number of hydrogen-bond donors (Lipinski definition) is 1. The summed E-state index contributed by atoms with van der Waals surface area (Å²) in [5.74, 6) is 0. The minimum Gasteiger partial charge on any atom is -0.422 e. The second-order valence-electron chi connectivity index (χ2n) is 7.41. The maximum absolute atomic E-state index is 13.2. The van der Waals surface area contributed by atoms with E-state index >= 15 is 0 Å². The highest BCUT2D eigenvalue weighted by atomic mass is 32.1. The molecule has 6 rings (SSSR count). The standard InChI is InChI=1S/C25H17NO2S/c1-14-10-13-20(29-14)24-23-22(17-8-4-5-9-19(17)28-25(23)27)21-16-7-3-2-6-15(16)11-12-18(21)26-24/h2-13,24,26H,1H3/t24-/m0/s1. The molecule has 0 amide bonds. The minimum absolute atomic E-state index is 0.224. The average Bonchev–Trinajstić information content (AvgIpc) is 3.18. The molecular formula is C25H17NO2S. The molecule has 1 aliphatic rings. The first-order valence-corrected chi connectivity index (χ1v) is 10.4. The van der Waals surface area contributed by atoms with Gasteiger partial charge in [-0.1, -0.05) is 48.5 Å². The first-order chi connectivity index (χ1) is 14.2. The highest BCUT2D eigenvalue weighted by Crippen LogP contribution is 2.48. The fraction of sp³-hybridized carbons (Fsp3) is 0.0800. The second-order valence-corrected chi connectivity index (χ2v) is 8.73. The lowest BCUT2D eigenvalue weighted by Gasteiger charge is -2.30. The van der Waals surface area contributed by atoms with Crippen molar-refractivity contribution in [1.82, 2.24) is 0 Å². The largest absolute Gasteiger partial charge is 0.422 e. The lowest BCUT2D eigenvalue weighted by atomic mass is 9.85. The van der Waals surface area contributed by atoms with Crippen LogP contribution in [0.5, 0.6) is 0 Å². The van der Waals surface area contributed by atoms with E-state index < -0.39 is 0 Å². The molecule has 0 saturated carbocycles. The molecule has 1 atom stereocenters. The molecule has 1 aliphatic heterocycles. The topological polar surface area (TPSA) is 42.2 Å². The van der Waals surface area contributed by atoms with Crippen LogP contribution in [0.3, 0.4) is 0 Å². The molecule has 29 heavy (non-hydrogen) atoms. The number of rotatable bonds is 1. The van der Waals surface area contributed by atoms with Crippen molar-refractivity contribution in [1.29, 1.82) is 0 Å². The SMILES string of the molecule is Cc1ccc([C@@H]2Nc3ccc4ccccc4c3-c3c2c(=O)oc2ccccc32)s1. The first-order valence-electron chi connectivity index (χ1n) is 9.61. The monoisotopic (exact) mass is 395 g/mol. The predicted molar refractivity (Wildman–Crippen MR) is 120 cm³/mol. The Morgan fingerprint density at radius 1 is 0.862 bits per heavy atom. The van der Waals surface area contributed by atoms with Crippen molar-refractivity contribution in [3.05, 3.63) is 98.5 Å². The van der Waals surface area contributed by atoms with Crippen molar-refractivity contribution >= 4 is 38.8 Å². The van der Waals surface area contributed by atoms with Crippen LogP contribution in [-0.4, -0.2) is 0 Å². The highest BCUT2D eigenvalue weighted by molar-refractivity contribution is 7.12. The summed E-state index contributed by atoms with van der Waals surface area (Å²) in [6.07, 6.45) is 0. The summed E-state index contributed by atoms with van der Waals surface area (Å²) < 4.78 is 5.75. The van der Waals surface area contributed by atoms with E-state index in [1.54, 1.807) is 11.3 Å². The Kier molecular flexibility index (Phi) is 3.46. The smallest absolute Gasteiger partial charge is 0.342 e. The molecule has 4 heteroatoms. The zero-order chi connectivity index (χ0) is 19.5. The summed E-state index contributed by atoms with van der Waals surface area (Å²) in [7, 11) is 0. The molecule has 2 aromatic heterocycles. The number of aryl methyl sites for hydroxylation is 1. The van der Waals surface area contributed by atoms with Crippen molar-refractivity contribution in [2.24, 2.45) is 0 Å². The van der Waals surface area contributed by atoms with Crippen LogP contribution in [0.25, 0.3) is 32.9 Å². The molecule has 0 radical (unpaired) electrons. The van der Waals surface area contributed by atoms with Gasteiger partial charge >= 0.3 is 5.63 Å². The molecule has 0 fully saturated rings. The van der Waals surface area contributed by atoms with E-state index in [2.05, 4.69) is 48.6 Å². The van der Waals surface area contributed by atoms with Crippen molar-refractivity contribution < 1.29 is 4.42 Å². The van der Waals surface area contributed by atoms with E-state index in [0.29, 0.717) is 11.1 Å². The molecule has 0 spiro atoms. The van der Waals surface area contributed by atoms with Gasteiger partial charge in [-0.05, 0) is 42.0 Å². The zero-order valence-electron chi connectivity index (χ0n) is 15.7. The lowest BCUT2D eigenvalue weighted by Crippen LogP contribution is -2.25. The summed E-state index contributed by atoms with van der Waals surface area (Å²) in [4.78, 5) is 15.5. The van der Waals surface area contributed by atoms with Crippen molar-refractivity contribution in [2.45, 2.75) is 13.0 Å². The third-order valence-electron chi connectivity index (χ3n) is 5.66. The van der Waals surface area contributed by atoms with Crippen LogP contribution in [0.4, 0.5) is 5.69 Å². The van der Waals surface area contributed by atoms with Gasteiger partial charge in [0.25, 0.3) is 0 Å². The van der Waals surface area contributed by atoms with E-state index in [1.807, 2.05) is 36.4 Å². The molecule has 3 aromatic carbocycles. The average molecular weight is 395 g/mol. The number of fused-ring (bicyclic) bond motifs is 7. The van der Waals surface area contributed by atoms with Gasteiger partial charge in [-0.3, -0.25) is 0 Å². The van der Waals surface area contributed by atoms with Gasteiger partial charge in [-0.25, -0.2) is 4.79 Å². The molecule has 0 unspecified atom stereocenters. The molecule has 140 valence electrons. The Morgan fingerprint density at radius 3 is 2.48 bits per heavy atom. The van der Waals surface area contributed by atoms with Gasteiger partial charge < -0.3 is 9.73 Å². The maximum Gasteiger partial charge on any atom is 0.342 e. The minimum atomic E-state index is -0.277. The van der Waals surface area contributed by atoms with Gasteiger partial charge in [0.1, 0.15) is 5.58 Å². The molecular weight excluding hydrogens is 378 g/mol. The van der Waals surface area contributed by atoms with E-state index in [9.17, 15) is 4.79 Å². The van der Waals surface area contributed by atoms with Gasteiger partial charge in [0.15, 0.2) is 0 Å². The van der Waals surface area contributed by atoms with Gasteiger partial charge in [-0.2, -0.15) is 0 Å². The number of hydrogen-bond acceptors (Lipinski definition) is 4. The number of para-hydroxylation sites is 1. The Morgan fingerprint density at radius 2 is 1.66 bits per heavy atom.